The van der Waals surface area contributed by atoms with Crippen LogP contribution >= 0.6 is 0 Å². The fraction of sp³-hybridized carbons (Fsp3) is 0.417. The molecule has 0 aliphatic heterocycles. The minimum absolute atomic E-state index is 0.546. The third-order valence-electron chi connectivity index (χ3n) is 2.13. The lowest BCUT2D eigenvalue weighted by Crippen LogP contribution is -2.19. The smallest absolute Gasteiger partial charge is 0.114 e. The third kappa shape index (κ3) is 2.96. The minimum atomic E-state index is -0.546. The van der Waals surface area contributed by atoms with Gasteiger partial charge in [-0.05, 0) is 24.1 Å². The van der Waals surface area contributed by atoms with Crippen LogP contribution in [0, 0.1) is 0 Å². The highest BCUT2D eigenvalue weighted by Gasteiger charge is 2.10. The number of aliphatic hydroxyl groups excluding tert-OH is 1. The summed E-state index contributed by atoms with van der Waals surface area (Å²) in [6, 6.07) is 0. The molecular formula is C12H17NO. The standard InChI is InChI=1S/C12H17NO/c1-3-5-8-13-11-9-10(4-2)6-7-12(11)14/h4,6-7,9,12,14H,2-3,5,8H2,1H3. The molecule has 0 aromatic heterocycles. The van der Waals surface area contributed by atoms with Gasteiger partial charge in [-0.2, -0.15) is 0 Å². The molecule has 0 saturated carbocycles. The molecule has 2 nitrogen and oxygen atoms in total. The maximum absolute atomic E-state index is 9.59. The van der Waals surface area contributed by atoms with Crippen LogP contribution in [0.1, 0.15) is 19.8 Å². The molecule has 1 atom stereocenters. The lowest BCUT2D eigenvalue weighted by Gasteiger charge is -2.11. The Morgan fingerprint density at radius 1 is 1.64 bits per heavy atom. The van der Waals surface area contributed by atoms with Crippen LogP contribution in [-0.2, 0) is 0 Å². The van der Waals surface area contributed by atoms with E-state index in [1.54, 1.807) is 12.2 Å². The maximum Gasteiger partial charge on any atom is 0.114 e. The average molecular weight is 191 g/mol. The molecule has 0 bridgehead atoms. The van der Waals surface area contributed by atoms with Gasteiger partial charge in [0, 0.05) is 6.54 Å². The highest BCUT2D eigenvalue weighted by atomic mass is 16.3. The van der Waals surface area contributed by atoms with E-state index in [2.05, 4.69) is 18.5 Å². The minimum Gasteiger partial charge on any atom is -0.383 e. The van der Waals surface area contributed by atoms with Crippen molar-refractivity contribution >= 4 is 5.71 Å². The van der Waals surface area contributed by atoms with Gasteiger partial charge >= 0.3 is 0 Å². The normalized spacial score (nSPS) is 23.7. The van der Waals surface area contributed by atoms with E-state index in [9.17, 15) is 5.11 Å². The van der Waals surface area contributed by atoms with Gasteiger partial charge in [-0.15, -0.1) is 0 Å². The molecule has 1 unspecified atom stereocenters. The molecule has 0 spiro atoms. The van der Waals surface area contributed by atoms with Crippen LogP contribution in [0.4, 0.5) is 0 Å². The van der Waals surface area contributed by atoms with E-state index in [-0.39, 0.29) is 0 Å². The number of allylic oxidation sites excluding steroid dienone is 3. The Balaban J connectivity index is 2.67. The number of unbranched alkanes of at least 4 members (excludes halogenated alkanes) is 1. The largest absolute Gasteiger partial charge is 0.383 e. The summed E-state index contributed by atoms with van der Waals surface area (Å²) in [6.07, 6.45) is 8.89. The zero-order chi connectivity index (χ0) is 10.4. The van der Waals surface area contributed by atoms with Crippen LogP contribution in [0.2, 0.25) is 0 Å². The van der Waals surface area contributed by atoms with Gasteiger partial charge in [0.25, 0.3) is 0 Å². The van der Waals surface area contributed by atoms with E-state index in [0.717, 1.165) is 30.7 Å². The van der Waals surface area contributed by atoms with Gasteiger partial charge in [-0.3, -0.25) is 4.99 Å². The molecular weight excluding hydrogens is 174 g/mol. The fourth-order valence-corrected chi connectivity index (χ4v) is 1.24. The van der Waals surface area contributed by atoms with Gasteiger partial charge in [0.1, 0.15) is 6.10 Å². The summed E-state index contributed by atoms with van der Waals surface area (Å²) in [4.78, 5) is 4.34. The van der Waals surface area contributed by atoms with Crippen molar-refractivity contribution in [3.8, 4) is 0 Å². The second-order valence-corrected chi connectivity index (χ2v) is 3.31. The average Bonchev–Trinajstić information content (AvgIpc) is 2.21. The molecule has 0 saturated heterocycles. The van der Waals surface area contributed by atoms with Gasteiger partial charge in [0.15, 0.2) is 0 Å². The van der Waals surface area contributed by atoms with Gasteiger partial charge in [-0.1, -0.05) is 32.1 Å². The lowest BCUT2D eigenvalue weighted by atomic mass is 10.0. The first-order valence-electron chi connectivity index (χ1n) is 5.02. The molecule has 0 fully saturated rings. The van der Waals surface area contributed by atoms with E-state index in [1.807, 2.05) is 12.2 Å². The van der Waals surface area contributed by atoms with E-state index in [4.69, 9.17) is 0 Å². The van der Waals surface area contributed by atoms with Crippen LogP contribution in [0.3, 0.4) is 0 Å². The zero-order valence-electron chi connectivity index (χ0n) is 8.61. The SMILES string of the molecule is C=CC1=CC(=NCCCC)C(O)C=C1. The van der Waals surface area contributed by atoms with Gasteiger partial charge in [0.2, 0.25) is 0 Å². The monoisotopic (exact) mass is 191 g/mol. The quantitative estimate of drug-likeness (QED) is 0.679. The third-order valence-corrected chi connectivity index (χ3v) is 2.13. The topological polar surface area (TPSA) is 32.6 Å². The number of aliphatic imine (C=N–C) groups is 1. The number of hydrogen-bond acceptors (Lipinski definition) is 2. The second-order valence-electron chi connectivity index (χ2n) is 3.31. The summed E-state index contributed by atoms with van der Waals surface area (Å²) in [5, 5.41) is 9.59. The molecule has 0 aromatic rings. The molecule has 14 heavy (non-hydrogen) atoms. The van der Waals surface area contributed by atoms with Crippen molar-refractivity contribution in [1.29, 1.82) is 0 Å². The van der Waals surface area contributed by atoms with Crippen LogP contribution in [0.25, 0.3) is 0 Å². The molecule has 0 heterocycles. The Morgan fingerprint density at radius 2 is 2.43 bits per heavy atom. The van der Waals surface area contributed by atoms with Gasteiger partial charge in [0.05, 0.1) is 5.71 Å². The fourth-order valence-electron chi connectivity index (χ4n) is 1.24. The molecule has 1 aliphatic rings. The predicted molar refractivity (Wildman–Crippen MR) is 60.6 cm³/mol. The van der Waals surface area contributed by atoms with E-state index in [0.29, 0.717) is 0 Å². The number of rotatable bonds is 4. The van der Waals surface area contributed by atoms with E-state index < -0.39 is 6.10 Å². The molecule has 0 amide bonds. The second kappa shape index (κ2) is 5.55. The summed E-state index contributed by atoms with van der Waals surface area (Å²) in [6.45, 7) is 6.60. The van der Waals surface area contributed by atoms with Crippen molar-refractivity contribution in [1.82, 2.24) is 0 Å². The van der Waals surface area contributed by atoms with Crippen molar-refractivity contribution in [2.75, 3.05) is 6.54 Å². The summed E-state index contributed by atoms with van der Waals surface area (Å²) in [7, 11) is 0. The summed E-state index contributed by atoms with van der Waals surface area (Å²) >= 11 is 0. The van der Waals surface area contributed by atoms with Crippen molar-refractivity contribution in [3.05, 3.63) is 36.5 Å². The summed E-state index contributed by atoms with van der Waals surface area (Å²) in [5.41, 5.74) is 1.75. The predicted octanol–water partition coefficient (Wildman–Crippen LogP) is 2.27. The van der Waals surface area contributed by atoms with Gasteiger partial charge in [-0.25, -0.2) is 0 Å². The number of nitrogens with zero attached hydrogens (tertiary/aromatic N) is 1. The van der Waals surface area contributed by atoms with Crippen LogP contribution < -0.4 is 0 Å². The van der Waals surface area contributed by atoms with Crippen molar-refractivity contribution < 1.29 is 5.11 Å². The summed E-state index contributed by atoms with van der Waals surface area (Å²) < 4.78 is 0. The first kappa shape index (κ1) is 10.9. The highest BCUT2D eigenvalue weighted by Crippen LogP contribution is 2.09. The number of aliphatic hydroxyl groups is 1. The highest BCUT2D eigenvalue weighted by molar-refractivity contribution is 6.02. The molecule has 1 N–H and O–H groups in total. The molecule has 76 valence electrons. The molecule has 0 aromatic carbocycles. The Kier molecular flexibility index (Phi) is 4.33. The van der Waals surface area contributed by atoms with Crippen molar-refractivity contribution in [2.24, 2.45) is 4.99 Å². The first-order chi connectivity index (χ1) is 6.77. The molecule has 1 rings (SSSR count). The zero-order valence-corrected chi connectivity index (χ0v) is 8.61. The van der Waals surface area contributed by atoms with Gasteiger partial charge < -0.3 is 5.11 Å². The maximum atomic E-state index is 9.59. The number of hydrogen-bond donors (Lipinski definition) is 1. The lowest BCUT2D eigenvalue weighted by molar-refractivity contribution is 0.288. The van der Waals surface area contributed by atoms with Crippen LogP contribution in [0.5, 0.6) is 0 Å². The Hall–Kier alpha value is -1.15. The van der Waals surface area contributed by atoms with Crippen molar-refractivity contribution in [2.45, 2.75) is 25.9 Å². The van der Waals surface area contributed by atoms with Crippen LogP contribution in [-0.4, -0.2) is 23.5 Å². The Bertz CT molecular complexity index is 287. The Labute approximate surface area is 85.4 Å². The molecule has 0 radical (unpaired) electrons. The molecule has 1 aliphatic carbocycles. The Morgan fingerprint density at radius 3 is 3.07 bits per heavy atom. The van der Waals surface area contributed by atoms with E-state index in [1.165, 1.54) is 0 Å². The van der Waals surface area contributed by atoms with E-state index >= 15 is 0 Å². The molecule has 2 heteroatoms. The van der Waals surface area contributed by atoms with Crippen LogP contribution in [0.15, 0.2) is 41.4 Å². The summed E-state index contributed by atoms with van der Waals surface area (Å²) in [5.74, 6) is 0. The first-order valence-corrected chi connectivity index (χ1v) is 5.02. The van der Waals surface area contributed by atoms with Crippen molar-refractivity contribution in [3.63, 3.8) is 0 Å².